The Labute approximate surface area is 183 Å². The van der Waals surface area contributed by atoms with Gasteiger partial charge in [-0.2, -0.15) is 23.4 Å². The molecule has 0 saturated heterocycles. The minimum absolute atomic E-state index is 0.739. The molecule has 32 heavy (non-hydrogen) atoms. The number of aliphatic carboxylic acids is 1. The van der Waals surface area contributed by atoms with E-state index in [-0.39, 0.29) is 0 Å². The molecule has 2 N–H and O–H groups in total. The fraction of sp³-hybridized carbons (Fsp3) is 0.381. The lowest BCUT2D eigenvalue weighted by atomic mass is 9.99. The van der Waals surface area contributed by atoms with Gasteiger partial charge in [0.15, 0.2) is 0 Å². The number of hydrogen-bond donors (Lipinski definition) is 2. The van der Waals surface area contributed by atoms with E-state index in [0.29, 0.717) is 0 Å². The second-order valence-electron chi connectivity index (χ2n) is 7.64. The number of hydrogen-bond acceptors (Lipinski definition) is 5. The molecular formula is C21H25F3N6O2. The van der Waals surface area contributed by atoms with Crippen molar-refractivity contribution in [3.05, 3.63) is 53.3 Å². The van der Waals surface area contributed by atoms with Gasteiger partial charge in [0.2, 0.25) is 0 Å². The van der Waals surface area contributed by atoms with Crippen LogP contribution in [0.1, 0.15) is 16.7 Å². The molecule has 3 heterocycles. The summed E-state index contributed by atoms with van der Waals surface area (Å²) < 4.78 is 35.5. The maximum Gasteiger partial charge on any atom is 0.490 e. The van der Waals surface area contributed by atoms with Gasteiger partial charge in [-0.1, -0.05) is 6.07 Å². The summed E-state index contributed by atoms with van der Waals surface area (Å²) in [6.45, 7) is 2.91. The van der Waals surface area contributed by atoms with Crippen LogP contribution in [0.25, 0.3) is 11.4 Å². The minimum atomic E-state index is -5.08. The Kier molecular flexibility index (Phi) is 6.87. The van der Waals surface area contributed by atoms with Gasteiger partial charge in [-0.15, -0.1) is 0 Å². The van der Waals surface area contributed by atoms with Crippen molar-refractivity contribution in [2.45, 2.75) is 25.7 Å². The molecule has 0 radical (unpaired) electrons. The van der Waals surface area contributed by atoms with Crippen molar-refractivity contribution >= 4 is 11.7 Å². The third-order valence-electron chi connectivity index (χ3n) is 5.10. The lowest BCUT2D eigenvalue weighted by molar-refractivity contribution is -0.192. The first-order valence-electron chi connectivity index (χ1n) is 9.90. The molecular weight excluding hydrogens is 425 g/mol. The summed E-state index contributed by atoms with van der Waals surface area (Å²) in [7, 11) is 6.08. The van der Waals surface area contributed by atoms with E-state index in [4.69, 9.17) is 9.90 Å². The zero-order valence-electron chi connectivity index (χ0n) is 18.0. The zero-order valence-corrected chi connectivity index (χ0v) is 18.0. The molecule has 4 rings (SSSR count). The maximum absolute atomic E-state index is 10.6. The van der Waals surface area contributed by atoms with Gasteiger partial charge in [0.05, 0.1) is 5.69 Å². The van der Waals surface area contributed by atoms with E-state index in [1.807, 2.05) is 29.5 Å². The first-order chi connectivity index (χ1) is 15.0. The summed E-state index contributed by atoms with van der Waals surface area (Å²) in [5.41, 5.74) is 7.24. The van der Waals surface area contributed by atoms with E-state index in [2.05, 4.69) is 51.9 Å². The monoisotopic (exact) mass is 450 g/mol. The second kappa shape index (κ2) is 9.43. The van der Waals surface area contributed by atoms with Crippen LogP contribution in [0.15, 0.2) is 36.7 Å². The molecule has 8 nitrogen and oxygen atoms in total. The van der Waals surface area contributed by atoms with Gasteiger partial charge in [0.1, 0.15) is 5.69 Å². The number of likely N-dealkylation sites (N-methyl/N-ethyl adjacent to an activating group) is 1. The van der Waals surface area contributed by atoms with Gasteiger partial charge < -0.3 is 15.3 Å². The molecule has 172 valence electrons. The zero-order chi connectivity index (χ0) is 23.5. The highest BCUT2D eigenvalue weighted by Gasteiger charge is 2.38. The molecule has 1 aliphatic rings. The highest BCUT2D eigenvalue weighted by molar-refractivity contribution is 5.73. The molecule has 0 atom stereocenters. The van der Waals surface area contributed by atoms with Gasteiger partial charge in [-0.05, 0) is 42.8 Å². The largest absolute Gasteiger partial charge is 0.490 e. The summed E-state index contributed by atoms with van der Waals surface area (Å²) in [5.74, 6) is -2.76. The first kappa shape index (κ1) is 23.3. The molecule has 0 spiro atoms. The van der Waals surface area contributed by atoms with Crippen molar-refractivity contribution in [3.8, 4) is 11.4 Å². The third kappa shape index (κ3) is 5.67. The molecule has 2 aromatic heterocycles. The Bertz CT molecular complexity index is 1090. The Morgan fingerprint density at radius 2 is 1.91 bits per heavy atom. The third-order valence-corrected chi connectivity index (χ3v) is 5.10. The van der Waals surface area contributed by atoms with Crippen molar-refractivity contribution in [3.63, 3.8) is 0 Å². The molecule has 0 unspecified atom stereocenters. The van der Waals surface area contributed by atoms with Crippen LogP contribution in [0.4, 0.5) is 18.9 Å². The highest BCUT2D eigenvalue weighted by atomic mass is 19.4. The van der Waals surface area contributed by atoms with Crippen molar-refractivity contribution in [1.29, 1.82) is 0 Å². The molecule has 0 saturated carbocycles. The van der Waals surface area contributed by atoms with Gasteiger partial charge in [0, 0.05) is 57.4 Å². The predicted octanol–water partition coefficient (Wildman–Crippen LogP) is 3.05. The summed E-state index contributed by atoms with van der Waals surface area (Å²) in [5, 5.41) is 19.6. The van der Waals surface area contributed by atoms with Crippen LogP contribution >= 0.6 is 0 Å². The maximum atomic E-state index is 10.6. The smallest absolute Gasteiger partial charge is 0.475 e. The van der Waals surface area contributed by atoms with Crippen LogP contribution in [0.2, 0.25) is 0 Å². The van der Waals surface area contributed by atoms with Crippen LogP contribution in [-0.4, -0.2) is 55.3 Å². The molecule has 1 aliphatic heterocycles. The second-order valence-corrected chi connectivity index (χ2v) is 7.64. The number of anilines is 1. The number of fused-ring (bicyclic) bond motifs is 1. The Morgan fingerprint density at radius 1 is 1.19 bits per heavy atom. The number of nitrogens with one attached hydrogen (secondary N) is 1. The van der Waals surface area contributed by atoms with Crippen LogP contribution in [0.5, 0.6) is 0 Å². The number of aromatic nitrogens is 4. The quantitative estimate of drug-likeness (QED) is 0.635. The number of carboxylic acid groups (broad SMARTS) is 1. The highest BCUT2D eigenvalue weighted by Crippen LogP contribution is 2.25. The van der Waals surface area contributed by atoms with E-state index >= 15 is 0 Å². The van der Waals surface area contributed by atoms with E-state index in [0.717, 1.165) is 43.1 Å². The number of halogens is 3. The van der Waals surface area contributed by atoms with Crippen molar-refractivity contribution in [2.75, 3.05) is 18.9 Å². The van der Waals surface area contributed by atoms with Crippen molar-refractivity contribution in [2.24, 2.45) is 14.1 Å². The Balaban J connectivity index is 0.000000360. The Hall–Kier alpha value is -3.34. The van der Waals surface area contributed by atoms with Crippen LogP contribution in [0.3, 0.4) is 0 Å². The summed E-state index contributed by atoms with van der Waals surface area (Å²) >= 11 is 0. The van der Waals surface area contributed by atoms with Gasteiger partial charge in [0.25, 0.3) is 0 Å². The standard InChI is InChI=1S/C19H24N6.C2HF3O2/c1-23-9-7-14-4-5-17(10-15(14)12-23)20-11-16-13-24(2)22-19(16)18-6-8-21-25(18)3;3-2(4,5)1(6)7/h4-6,8,10,13,20H,7,9,11-12H2,1-3H3;(H,6,7). The number of alkyl halides is 3. The fourth-order valence-corrected chi connectivity index (χ4v) is 3.49. The molecule has 0 bridgehead atoms. The Morgan fingerprint density at radius 3 is 2.53 bits per heavy atom. The van der Waals surface area contributed by atoms with Crippen LogP contribution in [-0.2, 0) is 38.4 Å². The summed E-state index contributed by atoms with van der Waals surface area (Å²) in [6.07, 6.45) is -0.0674. The van der Waals surface area contributed by atoms with E-state index in [1.54, 1.807) is 6.20 Å². The molecule has 3 aromatic rings. The number of rotatable bonds is 4. The number of carbonyl (C=O) groups is 1. The van der Waals surface area contributed by atoms with Gasteiger partial charge in [-0.3, -0.25) is 9.36 Å². The van der Waals surface area contributed by atoms with Gasteiger partial charge in [-0.25, -0.2) is 4.79 Å². The molecule has 0 amide bonds. The van der Waals surface area contributed by atoms with E-state index in [1.165, 1.54) is 16.7 Å². The van der Waals surface area contributed by atoms with Gasteiger partial charge >= 0.3 is 12.1 Å². The summed E-state index contributed by atoms with van der Waals surface area (Å²) in [4.78, 5) is 11.3. The number of nitrogens with zero attached hydrogens (tertiary/aromatic N) is 5. The topological polar surface area (TPSA) is 88.2 Å². The first-order valence-corrected chi connectivity index (χ1v) is 9.90. The minimum Gasteiger partial charge on any atom is -0.475 e. The van der Waals surface area contributed by atoms with E-state index < -0.39 is 12.1 Å². The fourth-order valence-electron chi connectivity index (χ4n) is 3.49. The van der Waals surface area contributed by atoms with Crippen molar-refractivity contribution < 1.29 is 23.1 Å². The predicted molar refractivity (Wildman–Crippen MR) is 113 cm³/mol. The normalized spacial score (nSPS) is 13.8. The number of aryl methyl sites for hydroxylation is 2. The van der Waals surface area contributed by atoms with Crippen LogP contribution < -0.4 is 5.32 Å². The number of benzene rings is 1. The molecule has 0 fully saturated rings. The molecule has 0 aliphatic carbocycles. The van der Waals surface area contributed by atoms with Crippen molar-refractivity contribution in [1.82, 2.24) is 24.5 Å². The molecule has 1 aromatic carbocycles. The van der Waals surface area contributed by atoms with Crippen LogP contribution in [0, 0.1) is 0 Å². The lowest BCUT2D eigenvalue weighted by Gasteiger charge is -2.25. The number of carboxylic acids is 1. The summed E-state index contributed by atoms with van der Waals surface area (Å²) in [6, 6.07) is 8.73. The average Bonchev–Trinajstić information content (AvgIpc) is 3.30. The average molecular weight is 450 g/mol. The molecule has 11 heteroatoms. The SMILES string of the molecule is CN1CCc2ccc(NCc3cn(C)nc3-c3ccnn3C)cc2C1.O=C(O)C(F)(F)F. The van der Waals surface area contributed by atoms with E-state index in [9.17, 15) is 13.2 Å². The lowest BCUT2D eigenvalue weighted by Crippen LogP contribution is -2.26.